The number of thioether (sulfide) groups is 1. The third kappa shape index (κ3) is 6.05. The fourth-order valence-corrected chi connectivity index (χ4v) is 5.16. The summed E-state index contributed by atoms with van der Waals surface area (Å²) in [6.45, 7) is 2.19. The molecule has 194 valence electrons. The molecule has 1 heterocycles. The SMILES string of the molecule is Cc1ccccc1CSc1nnc(CNC(=O)c2ccc(-c3ccccc3)cc2)n1-c1ccc([N+](=O)[O-])cc1. The standard InChI is InChI=1S/C30H25N5O3S/c1-21-7-5-6-10-25(21)20-39-30-33-32-28(34(30)26-15-17-27(18-16-26)35(37)38)19-31-29(36)24-13-11-23(12-14-24)22-8-3-2-4-9-22/h2-18H,19-20H2,1H3,(H,31,36). The van der Waals surface area contributed by atoms with E-state index in [0.717, 1.165) is 11.1 Å². The van der Waals surface area contributed by atoms with Crippen molar-refractivity contribution < 1.29 is 9.72 Å². The zero-order chi connectivity index (χ0) is 27.2. The molecular weight excluding hydrogens is 510 g/mol. The molecule has 0 aliphatic rings. The summed E-state index contributed by atoms with van der Waals surface area (Å²) in [5.41, 5.74) is 5.66. The monoisotopic (exact) mass is 535 g/mol. The number of nitrogens with one attached hydrogen (secondary N) is 1. The fraction of sp³-hybridized carbons (Fsp3) is 0.100. The number of nitro groups is 1. The average molecular weight is 536 g/mol. The Morgan fingerprint density at radius 2 is 1.54 bits per heavy atom. The van der Waals surface area contributed by atoms with E-state index in [9.17, 15) is 14.9 Å². The zero-order valence-electron chi connectivity index (χ0n) is 21.2. The summed E-state index contributed by atoms with van der Waals surface area (Å²) in [5, 5.41) is 23.4. The third-order valence-electron chi connectivity index (χ3n) is 6.30. The van der Waals surface area contributed by atoms with Gasteiger partial charge >= 0.3 is 0 Å². The molecule has 1 aromatic heterocycles. The van der Waals surface area contributed by atoms with Crippen LogP contribution in [0.25, 0.3) is 16.8 Å². The van der Waals surface area contributed by atoms with Gasteiger partial charge in [0.05, 0.1) is 11.5 Å². The van der Waals surface area contributed by atoms with Gasteiger partial charge in [0.25, 0.3) is 11.6 Å². The molecule has 0 fully saturated rings. The van der Waals surface area contributed by atoms with Crippen molar-refractivity contribution in [3.63, 3.8) is 0 Å². The number of aryl methyl sites for hydroxylation is 1. The minimum absolute atomic E-state index is 0.00487. The van der Waals surface area contributed by atoms with Crippen LogP contribution in [0.2, 0.25) is 0 Å². The maximum atomic E-state index is 12.9. The maximum Gasteiger partial charge on any atom is 0.269 e. The van der Waals surface area contributed by atoms with Crippen LogP contribution in [-0.2, 0) is 12.3 Å². The van der Waals surface area contributed by atoms with Crippen LogP contribution in [-0.4, -0.2) is 25.6 Å². The molecule has 0 saturated heterocycles. The van der Waals surface area contributed by atoms with Crippen LogP contribution in [0.15, 0.2) is 108 Å². The number of carbonyl (C=O) groups is 1. The van der Waals surface area contributed by atoms with Gasteiger partial charge in [-0.15, -0.1) is 10.2 Å². The Hall–Kier alpha value is -4.76. The molecule has 0 aliphatic carbocycles. The summed E-state index contributed by atoms with van der Waals surface area (Å²) in [5.74, 6) is 0.963. The molecule has 0 spiro atoms. The second-order valence-corrected chi connectivity index (χ2v) is 9.79. The number of amides is 1. The van der Waals surface area contributed by atoms with Crippen molar-refractivity contribution in [3.8, 4) is 16.8 Å². The van der Waals surface area contributed by atoms with Gasteiger partial charge in [0.2, 0.25) is 0 Å². The molecule has 0 bridgehead atoms. The van der Waals surface area contributed by atoms with Crippen molar-refractivity contribution in [2.45, 2.75) is 24.4 Å². The highest BCUT2D eigenvalue weighted by atomic mass is 32.2. The van der Waals surface area contributed by atoms with Crippen molar-refractivity contribution in [2.75, 3.05) is 0 Å². The molecule has 0 atom stereocenters. The van der Waals surface area contributed by atoms with E-state index in [4.69, 9.17) is 0 Å². The number of non-ortho nitro benzene ring substituents is 1. The Labute approximate surface area is 229 Å². The predicted molar refractivity (Wildman–Crippen MR) is 152 cm³/mol. The number of hydrogen-bond donors (Lipinski definition) is 1. The summed E-state index contributed by atoms with van der Waals surface area (Å²) in [7, 11) is 0. The number of carbonyl (C=O) groups excluding carboxylic acids is 1. The van der Waals surface area contributed by atoms with Crippen molar-refractivity contribution in [3.05, 3.63) is 136 Å². The number of aromatic nitrogens is 3. The highest BCUT2D eigenvalue weighted by Gasteiger charge is 2.17. The molecule has 39 heavy (non-hydrogen) atoms. The Bertz CT molecular complexity index is 1600. The molecule has 5 aromatic rings. The Morgan fingerprint density at radius 1 is 0.872 bits per heavy atom. The third-order valence-corrected chi connectivity index (χ3v) is 7.28. The van der Waals surface area contributed by atoms with Gasteiger partial charge in [0, 0.05) is 29.1 Å². The van der Waals surface area contributed by atoms with E-state index in [1.54, 1.807) is 24.3 Å². The van der Waals surface area contributed by atoms with E-state index in [1.807, 2.05) is 59.2 Å². The highest BCUT2D eigenvalue weighted by Crippen LogP contribution is 2.27. The van der Waals surface area contributed by atoms with Gasteiger partial charge in [-0.25, -0.2) is 0 Å². The van der Waals surface area contributed by atoms with E-state index in [-0.39, 0.29) is 18.1 Å². The van der Waals surface area contributed by atoms with Crippen molar-refractivity contribution >= 4 is 23.4 Å². The van der Waals surface area contributed by atoms with Gasteiger partial charge in [-0.2, -0.15) is 0 Å². The van der Waals surface area contributed by atoms with E-state index in [2.05, 4.69) is 34.6 Å². The lowest BCUT2D eigenvalue weighted by Crippen LogP contribution is -2.24. The number of nitrogens with zero attached hydrogens (tertiary/aromatic N) is 4. The van der Waals surface area contributed by atoms with Crippen LogP contribution >= 0.6 is 11.8 Å². The molecule has 5 rings (SSSR count). The van der Waals surface area contributed by atoms with Crippen LogP contribution in [0, 0.1) is 17.0 Å². The summed E-state index contributed by atoms with van der Waals surface area (Å²) < 4.78 is 1.82. The Kier molecular flexibility index (Phi) is 7.79. The molecule has 8 nitrogen and oxygen atoms in total. The number of nitro benzene ring substituents is 1. The molecule has 0 saturated carbocycles. The second kappa shape index (κ2) is 11.7. The van der Waals surface area contributed by atoms with Gasteiger partial charge in [-0.05, 0) is 53.4 Å². The van der Waals surface area contributed by atoms with Crippen molar-refractivity contribution in [1.29, 1.82) is 0 Å². The fourth-order valence-electron chi connectivity index (χ4n) is 4.11. The van der Waals surface area contributed by atoms with Gasteiger partial charge in [0.15, 0.2) is 11.0 Å². The smallest absolute Gasteiger partial charge is 0.269 e. The first-order valence-corrected chi connectivity index (χ1v) is 13.3. The van der Waals surface area contributed by atoms with Gasteiger partial charge in [-0.3, -0.25) is 19.5 Å². The minimum Gasteiger partial charge on any atom is -0.345 e. The van der Waals surface area contributed by atoms with Crippen molar-refractivity contribution in [1.82, 2.24) is 20.1 Å². The molecule has 0 unspecified atom stereocenters. The van der Waals surface area contributed by atoms with E-state index >= 15 is 0 Å². The topological polar surface area (TPSA) is 103 Å². The van der Waals surface area contributed by atoms with Crippen LogP contribution in [0.1, 0.15) is 27.3 Å². The van der Waals surface area contributed by atoms with E-state index in [0.29, 0.717) is 28.0 Å². The Balaban J connectivity index is 1.36. The second-order valence-electron chi connectivity index (χ2n) is 8.85. The molecular formula is C30H25N5O3S. The largest absolute Gasteiger partial charge is 0.345 e. The zero-order valence-corrected chi connectivity index (χ0v) is 22.0. The number of rotatable bonds is 9. The van der Waals surface area contributed by atoms with Gasteiger partial charge in [0.1, 0.15) is 0 Å². The van der Waals surface area contributed by atoms with Crippen LogP contribution in [0.4, 0.5) is 5.69 Å². The maximum absolute atomic E-state index is 12.9. The quantitative estimate of drug-likeness (QED) is 0.134. The first-order chi connectivity index (χ1) is 19.0. The lowest BCUT2D eigenvalue weighted by Gasteiger charge is -2.12. The molecule has 0 aliphatic heterocycles. The summed E-state index contributed by atoms with van der Waals surface area (Å²) in [6, 6.07) is 31.7. The van der Waals surface area contributed by atoms with Gasteiger partial charge < -0.3 is 5.32 Å². The average Bonchev–Trinajstić information content (AvgIpc) is 3.38. The van der Waals surface area contributed by atoms with E-state index in [1.165, 1.54) is 35.0 Å². The minimum atomic E-state index is -0.437. The summed E-state index contributed by atoms with van der Waals surface area (Å²) in [4.78, 5) is 23.7. The Morgan fingerprint density at radius 3 is 2.23 bits per heavy atom. The highest BCUT2D eigenvalue weighted by molar-refractivity contribution is 7.98. The molecule has 1 N–H and O–H groups in total. The first-order valence-electron chi connectivity index (χ1n) is 12.3. The molecule has 0 radical (unpaired) electrons. The molecule has 1 amide bonds. The lowest BCUT2D eigenvalue weighted by atomic mass is 10.0. The lowest BCUT2D eigenvalue weighted by molar-refractivity contribution is -0.384. The van der Waals surface area contributed by atoms with Crippen LogP contribution in [0.3, 0.4) is 0 Å². The molecule has 9 heteroatoms. The van der Waals surface area contributed by atoms with E-state index < -0.39 is 4.92 Å². The number of benzene rings is 4. The van der Waals surface area contributed by atoms with Crippen LogP contribution < -0.4 is 5.32 Å². The first kappa shape index (κ1) is 25.9. The van der Waals surface area contributed by atoms with Gasteiger partial charge in [-0.1, -0.05) is 78.5 Å². The van der Waals surface area contributed by atoms with Crippen molar-refractivity contribution in [2.24, 2.45) is 0 Å². The summed E-state index contributed by atoms with van der Waals surface area (Å²) >= 11 is 1.51. The normalized spacial score (nSPS) is 10.8. The number of hydrogen-bond acceptors (Lipinski definition) is 6. The van der Waals surface area contributed by atoms with Crippen LogP contribution in [0.5, 0.6) is 0 Å². The molecule has 4 aromatic carbocycles. The predicted octanol–water partition coefficient (Wildman–Crippen LogP) is 6.37. The summed E-state index contributed by atoms with van der Waals surface area (Å²) in [6.07, 6.45) is 0.